The van der Waals surface area contributed by atoms with E-state index in [1.54, 1.807) is 17.0 Å². The van der Waals surface area contributed by atoms with Gasteiger partial charge in [0.1, 0.15) is 15.6 Å². The summed E-state index contributed by atoms with van der Waals surface area (Å²) in [6.07, 6.45) is 3.83. The Hall–Kier alpha value is -1.71. The Morgan fingerprint density at radius 2 is 2.30 bits per heavy atom. The summed E-state index contributed by atoms with van der Waals surface area (Å²) >= 11 is 0.883. The Morgan fingerprint density at radius 1 is 1.55 bits per heavy atom. The standard InChI is InChI=1S/C11H13N3O4S2/c1-14-6-5-12-9(14)2-4-13-20(17,18)8-3-7-19-10(8)11(15)16/h3,5-7,13H,2,4H2,1H3,(H,15,16). The number of imidazole rings is 1. The van der Waals surface area contributed by atoms with Crippen molar-refractivity contribution in [3.05, 3.63) is 34.5 Å². The van der Waals surface area contributed by atoms with Crippen molar-refractivity contribution >= 4 is 27.3 Å². The zero-order valence-electron chi connectivity index (χ0n) is 10.6. The van der Waals surface area contributed by atoms with Crippen LogP contribution in [0.15, 0.2) is 28.7 Å². The van der Waals surface area contributed by atoms with Crippen molar-refractivity contribution in [1.29, 1.82) is 0 Å². The van der Waals surface area contributed by atoms with Crippen molar-refractivity contribution in [3.8, 4) is 0 Å². The van der Waals surface area contributed by atoms with Crippen LogP contribution in [-0.2, 0) is 23.5 Å². The Kier molecular flexibility index (Phi) is 4.21. The smallest absolute Gasteiger partial charge is 0.347 e. The fourth-order valence-corrected chi connectivity index (χ4v) is 3.97. The van der Waals surface area contributed by atoms with Crippen LogP contribution in [0.1, 0.15) is 15.5 Å². The second kappa shape index (κ2) is 5.73. The summed E-state index contributed by atoms with van der Waals surface area (Å²) in [7, 11) is -2.00. The first-order chi connectivity index (χ1) is 9.42. The lowest BCUT2D eigenvalue weighted by Crippen LogP contribution is -2.27. The van der Waals surface area contributed by atoms with Gasteiger partial charge in [0.05, 0.1) is 0 Å². The third-order valence-corrected chi connectivity index (χ3v) is 5.21. The van der Waals surface area contributed by atoms with Crippen molar-refractivity contribution < 1.29 is 18.3 Å². The number of carbonyl (C=O) groups is 1. The minimum atomic E-state index is -3.82. The minimum absolute atomic E-state index is 0.155. The third kappa shape index (κ3) is 3.06. The van der Waals surface area contributed by atoms with Gasteiger partial charge >= 0.3 is 5.97 Å². The molecule has 108 valence electrons. The fraction of sp³-hybridized carbons (Fsp3) is 0.273. The second-order valence-corrected chi connectivity index (χ2v) is 6.67. The molecule has 0 atom stereocenters. The van der Waals surface area contributed by atoms with Gasteiger partial charge in [-0.3, -0.25) is 0 Å². The molecule has 0 aromatic carbocycles. The Bertz CT molecular complexity index is 718. The summed E-state index contributed by atoms with van der Waals surface area (Å²) in [5.74, 6) is -0.499. The number of hydrogen-bond acceptors (Lipinski definition) is 5. The fourth-order valence-electron chi connectivity index (χ4n) is 1.68. The van der Waals surface area contributed by atoms with Crippen molar-refractivity contribution in [2.75, 3.05) is 6.54 Å². The van der Waals surface area contributed by atoms with Crippen LogP contribution in [0, 0.1) is 0 Å². The molecule has 0 aliphatic rings. The van der Waals surface area contributed by atoms with E-state index in [4.69, 9.17) is 5.11 Å². The molecular formula is C11H13N3O4S2. The van der Waals surface area contributed by atoms with E-state index in [2.05, 4.69) is 9.71 Å². The van der Waals surface area contributed by atoms with Gasteiger partial charge in [0.25, 0.3) is 0 Å². The van der Waals surface area contributed by atoms with E-state index in [-0.39, 0.29) is 16.3 Å². The molecular weight excluding hydrogens is 302 g/mol. The summed E-state index contributed by atoms with van der Waals surface area (Å²) in [6, 6.07) is 1.29. The molecule has 2 aromatic rings. The summed E-state index contributed by atoms with van der Waals surface area (Å²) in [5.41, 5.74) is 0. The first-order valence-electron chi connectivity index (χ1n) is 5.68. The molecule has 0 aliphatic heterocycles. The first kappa shape index (κ1) is 14.7. The number of nitrogens with zero attached hydrogens (tertiary/aromatic N) is 2. The molecule has 0 spiro atoms. The number of hydrogen-bond donors (Lipinski definition) is 2. The summed E-state index contributed by atoms with van der Waals surface area (Å²) in [6.45, 7) is 0.155. The van der Waals surface area contributed by atoms with Crippen LogP contribution in [0.5, 0.6) is 0 Å². The maximum Gasteiger partial charge on any atom is 0.347 e. The number of aryl methyl sites for hydroxylation is 1. The van der Waals surface area contributed by atoms with Gasteiger partial charge in [0.15, 0.2) is 0 Å². The predicted octanol–water partition coefficient (Wildman–Crippen LogP) is 0.701. The zero-order valence-corrected chi connectivity index (χ0v) is 12.2. The molecule has 2 aromatic heterocycles. The summed E-state index contributed by atoms with van der Waals surface area (Å²) in [5, 5.41) is 10.4. The van der Waals surface area contributed by atoms with E-state index in [0.29, 0.717) is 6.42 Å². The summed E-state index contributed by atoms with van der Waals surface area (Å²) < 4.78 is 28.3. The molecule has 7 nitrogen and oxygen atoms in total. The lowest BCUT2D eigenvalue weighted by molar-refractivity contribution is 0.0698. The molecule has 0 radical (unpaired) electrons. The lowest BCUT2D eigenvalue weighted by Gasteiger charge is -2.06. The molecule has 0 aliphatic carbocycles. The highest BCUT2D eigenvalue weighted by Gasteiger charge is 2.23. The van der Waals surface area contributed by atoms with Gasteiger partial charge in [-0.15, -0.1) is 11.3 Å². The highest BCUT2D eigenvalue weighted by Crippen LogP contribution is 2.21. The Morgan fingerprint density at radius 3 is 2.90 bits per heavy atom. The van der Waals surface area contributed by atoms with Crippen molar-refractivity contribution in [2.45, 2.75) is 11.3 Å². The number of aromatic nitrogens is 2. The molecule has 9 heteroatoms. The van der Waals surface area contributed by atoms with E-state index in [1.807, 2.05) is 7.05 Å². The molecule has 0 saturated carbocycles. The van der Waals surface area contributed by atoms with E-state index in [9.17, 15) is 13.2 Å². The van der Waals surface area contributed by atoms with Crippen molar-refractivity contribution in [1.82, 2.24) is 14.3 Å². The van der Waals surface area contributed by atoms with Crippen molar-refractivity contribution in [2.24, 2.45) is 7.05 Å². The average molecular weight is 315 g/mol. The highest BCUT2D eigenvalue weighted by atomic mass is 32.2. The maximum absolute atomic E-state index is 12.0. The molecule has 2 rings (SSSR count). The average Bonchev–Trinajstić information content (AvgIpc) is 2.98. The molecule has 0 unspecified atom stereocenters. The van der Waals surface area contributed by atoms with Gasteiger partial charge in [-0.1, -0.05) is 0 Å². The molecule has 20 heavy (non-hydrogen) atoms. The van der Waals surface area contributed by atoms with Crippen LogP contribution < -0.4 is 4.72 Å². The predicted molar refractivity (Wildman–Crippen MR) is 73.4 cm³/mol. The molecule has 0 saturated heterocycles. The van der Waals surface area contributed by atoms with Crippen LogP contribution >= 0.6 is 11.3 Å². The number of aromatic carboxylic acids is 1. The van der Waals surface area contributed by atoms with Gasteiger partial charge in [-0.05, 0) is 11.4 Å². The van der Waals surface area contributed by atoms with Crippen LogP contribution in [0.25, 0.3) is 0 Å². The second-order valence-electron chi connectivity index (χ2n) is 4.02. The lowest BCUT2D eigenvalue weighted by atomic mass is 10.4. The molecule has 0 bridgehead atoms. The summed E-state index contributed by atoms with van der Waals surface area (Å²) in [4.78, 5) is 14.6. The van der Waals surface area contributed by atoms with Gasteiger partial charge in [-0.2, -0.15) is 0 Å². The topological polar surface area (TPSA) is 101 Å². The van der Waals surface area contributed by atoms with Gasteiger partial charge in [0, 0.05) is 32.4 Å². The number of thiophene rings is 1. The molecule has 0 amide bonds. The number of carboxylic acid groups (broad SMARTS) is 1. The molecule has 2 heterocycles. The van der Waals surface area contributed by atoms with Gasteiger partial charge in [0.2, 0.25) is 10.0 Å². The normalized spacial score (nSPS) is 11.7. The van der Waals surface area contributed by atoms with Crippen molar-refractivity contribution in [3.63, 3.8) is 0 Å². The van der Waals surface area contributed by atoms with Gasteiger partial charge in [-0.25, -0.2) is 22.9 Å². The number of carboxylic acids is 1. The number of rotatable bonds is 6. The van der Waals surface area contributed by atoms with E-state index in [0.717, 1.165) is 17.2 Å². The maximum atomic E-state index is 12.0. The van der Waals surface area contributed by atoms with Crippen LogP contribution in [0.2, 0.25) is 0 Å². The number of sulfonamides is 1. The van der Waals surface area contributed by atoms with E-state index < -0.39 is 16.0 Å². The highest BCUT2D eigenvalue weighted by molar-refractivity contribution is 7.89. The third-order valence-electron chi connectivity index (χ3n) is 2.67. The Balaban J connectivity index is 2.06. The Labute approximate surface area is 119 Å². The molecule has 2 N–H and O–H groups in total. The number of nitrogens with one attached hydrogen (secondary N) is 1. The van der Waals surface area contributed by atoms with Crippen LogP contribution in [-0.4, -0.2) is 35.6 Å². The monoisotopic (exact) mass is 315 g/mol. The quantitative estimate of drug-likeness (QED) is 0.817. The van der Waals surface area contributed by atoms with E-state index in [1.165, 1.54) is 11.4 Å². The zero-order chi connectivity index (χ0) is 14.8. The SMILES string of the molecule is Cn1ccnc1CCNS(=O)(=O)c1ccsc1C(=O)O. The first-order valence-corrected chi connectivity index (χ1v) is 8.05. The van der Waals surface area contributed by atoms with Gasteiger partial charge < -0.3 is 9.67 Å². The van der Waals surface area contributed by atoms with Crippen LogP contribution in [0.4, 0.5) is 0 Å². The van der Waals surface area contributed by atoms with E-state index >= 15 is 0 Å². The van der Waals surface area contributed by atoms with Crippen LogP contribution in [0.3, 0.4) is 0 Å². The largest absolute Gasteiger partial charge is 0.477 e. The molecule has 0 fully saturated rings. The minimum Gasteiger partial charge on any atom is -0.477 e.